The zero-order valence-electron chi connectivity index (χ0n) is 8.89. The van der Waals surface area contributed by atoms with Crippen molar-refractivity contribution in [2.75, 3.05) is 5.01 Å². The Bertz CT molecular complexity index is 442. The molecule has 0 aromatic heterocycles. The molecule has 0 saturated carbocycles. The van der Waals surface area contributed by atoms with Crippen molar-refractivity contribution in [3.8, 4) is 0 Å². The number of benzene rings is 1. The summed E-state index contributed by atoms with van der Waals surface area (Å²) in [5.74, 6) is 11.0. The minimum absolute atomic E-state index is 0.299. The second-order valence-electron chi connectivity index (χ2n) is 3.84. The molecular formula is C11H14N4O. The predicted octanol–water partition coefficient (Wildman–Crippen LogP) is 0.326. The van der Waals surface area contributed by atoms with E-state index in [2.05, 4.69) is 5.10 Å². The van der Waals surface area contributed by atoms with Crippen LogP contribution in [0.5, 0.6) is 0 Å². The van der Waals surface area contributed by atoms with E-state index >= 15 is 0 Å². The lowest BCUT2D eigenvalue weighted by Crippen LogP contribution is -2.30. The number of hydrazone groups is 1. The number of ketones is 1. The van der Waals surface area contributed by atoms with E-state index in [0.717, 1.165) is 17.7 Å². The third-order valence-electron chi connectivity index (χ3n) is 2.74. The number of nitrogens with zero attached hydrogens (tertiary/aromatic N) is 2. The Morgan fingerprint density at radius 2 is 2.12 bits per heavy atom. The van der Waals surface area contributed by atoms with Gasteiger partial charge in [0.1, 0.15) is 12.1 Å². The summed E-state index contributed by atoms with van der Waals surface area (Å²) in [6.07, 6.45) is 3.28. The van der Waals surface area contributed by atoms with Gasteiger partial charge in [0, 0.05) is 12.8 Å². The van der Waals surface area contributed by atoms with Crippen molar-refractivity contribution in [2.24, 2.45) is 16.8 Å². The lowest BCUT2D eigenvalue weighted by Gasteiger charge is -2.18. The standard InChI is InChI=1S/C11H14N4O/c12-14-7-15(13)10-3-1-9-6-11(16)4-2-8(9)5-10/h1,3,5,7H,2,4,6,12-13H2/b14-7-. The Hall–Kier alpha value is -1.88. The molecule has 1 aromatic rings. The van der Waals surface area contributed by atoms with E-state index in [1.807, 2.05) is 18.2 Å². The fraction of sp³-hybridized carbons (Fsp3) is 0.273. The van der Waals surface area contributed by atoms with Crippen LogP contribution in [0.25, 0.3) is 0 Å². The Morgan fingerprint density at radius 1 is 1.31 bits per heavy atom. The molecule has 0 atom stereocenters. The van der Waals surface area contributed by atoms with Crippen LogP contribution in [-0.4, -0.2) is 12.1 Å². The molecular weight excluding hydrogens is 204 g/mol. The number of rotatable bonds is 2. The minimum Gasteiger partial charge on any atom is -0.322 e. The van der Waals surface area contributed by atoms with Gasteiger partial charge in [-0.3, -0.25) is 9.80 Å². The van der Waals surface area contributed by atoms with Crippen LogP contribution in [-0.2, 0) is 17.6 Å². The fourth-order valence-electron chi connectivity index (χ4n) is 1.89. The van der Waals surface area contributed by atoms with Crippen molar-refractivity contribution < 1.29 is 4.79 Å². The molecule has 1 aromatic carbocycles. The van der Waals surface area contributed by atoms with E-state index in [0.29, 0.717) is 18.6 Å². The molecule has 16 heavy (non-hydrogen) atoms. The summed E-state index contributed by atoms with van der Waals surface area (Å²) in [5.41, 5.74) is 3.10. The van der Waals surface area contributed by atoms with Crippen molar-refractivity contribution in [3.63, 3.8) is 0 Å². The van der Waals surface area contributed by atoms with Crippen molar-refractivity contribution in [1.82, 2.24) is 0 Å². The highest BCUT2D eigenvalue weighted by atomic mass is 16.1. The van der Waals surface area contributed by atoms with E-state index in [-0.39, 0.29) is 0 Å². The summed E-state index contributed by atoms with van der Waals surface area (Å²) in [5, 5.41) is 4.72. The van der Waals surface area contributed by atoms with Crippen LogP contribution in [0.3, 0.4) is 0 Å². The highest BCUT2D eigenvalue weighted by Gasteiger charge is 2.16. The Balaban J connectivity index is 2.29. The molecule has 1 aliphatic rings. The summed E-state index contributed by atoms with van der Waals surface area (Å²) < 4.78 is 0. The number of anilines is 1. The number of aryl methyl sites for hydroxylation is 1. The topological polar surface area (TPSA) is 84.7 Å². The van der Waals surface area contributed by atoms with Crippen molar-refractivity contribution in [1.29, 1.82) is 0 Å². The monoisotopic (exact) mass is 218 g/mol. The third-order valence-corrected chi connectivity index (χ3v) is 2.74. The molecule has 5 heteroatoms. The Morgan fingerprint density at radius 3 is 2.88 bits per heavy atom. The van der Waals surface area contributed by atoms with Crippen molar-refractivity contribution in [2.45, 2.75) is 19.3 Å². The first-order chi connectivity index (χ1) is 7.70. The van der Waals surface area contributed by atoms with E-state index in [9.17, 15) is 4.79 Å². The van der Waals surface area contributed by atoms with Crippen LogP contribution in [0, 0.1) is 0 Å². The number of Topliss-reactive ketones (excluding diaryl/α,β-unsaturated/α-hetero) is 1. The molecule has 1 aliphatic carbocycles. The summed E-state index contributed by atoms with van der Waals surface area (Å²) in [4.78, 5) is 11.3. The Kier molecular flexibility index (Phi) is 2.87. The molecule has 0 radical (unpaired) electrons. The first-order valence-electron chi connectivity index (χ1n) is 5.11. The van der Waals surface area contributed by atoms with Crippen LogP contribution in [0.1, 0.15) is 17.5 Å². The summed E-state index contributed by atoms with van der Waals surface area (Å²) in [6, 6.07) is 5.77. The molecule has 4 N–H and O–H groups in total. The van der Waals surface area contributed by atoms with Gasteiger partial charge in [0.05, 0.1) is 5.69 Å². The van der Waals surface area contributed by atoms with E-state index < -0.39 is 0 Å². The van der Waals surface area contributed by atoms with E-state index in [1.54, 1.807) is 0 Å². The highest BCUT2D eigenvalue weighted by molar-refractivity contribution is 5.84. The van der Waals surface area contributed by atoms with Crippen molar-refractivity contribution in [3.05, 3.63) is 29.3 Å². The molecule has 0 amide bonds. The van der Waals surface area contributed by atoms with Crippen LogP contribution < -0.4 is 16.7 Å². The van der Waals surface area contributed by atoms with Crippen molar-refractivity contribution >= 4 is 17.8 Å². The van der Waals surface area contributed by atoms with Gasteiger partial charge >= 0.3 is 0 Å². The average Bonchev–Trinajstić information content (AvgIpc) is 2.28. The van der Waals surface area contributed by atoms with E-state index in [4.69, 9.17) is 11.7 Å². The average molecular weight is 218 g/mol. The number of fused-ring (bicyclic) bond motifs is 1. The van der Waals surface area contributed by atoms with Crippen LogP contribution in [0.2, 0.25) is 0 Å². The summed E-state index contributed by atoms with van der Waals surface area (Å²) in [7, 11) is 0. The quantitative estimate of drug-likeness (QED) is 0.324. The molecule has 0 fully saturated rings. The molecule has 0 aliphatic heterocycles. The van der Waals surface area contributed by atoms with Gasteiger partial charge in [-0.1, -0.05) is 6.07 Å². The second-order valence-corrected chi connectivity index (χ2v) is 3.84. The molecule has 84 valence electrons. The normalized spacial score (nSPS) is 15.2. The zero-order chi connectivity index (χ0) is 11.5. The smallest absolute Gasteiger partial charge is 0.137 e. The van der Waals surface area contributed by atoms with Gasteiger partial charge in [0.15, 0.2) is 0 Å². The number of hydrogen-bond donors (Lipinski definition) is 2. The Labute approximate surface area is 93.7 Å². The highest BCUT2D eigenvalue weighted by Crippen LogP contribution is 2.23. The van der Waals surface area contributed by atoms with Gasteiger partial charge in [0.25, 0.3) is 0 Å². The molecule has 0 bridgehead atoms. The van der Waals surface area contributed by atoms with Gasteiger partial charge in [-0.2, -0.15) is 5.10 Å². The summed E-state index contributed by atoms with van der Waals surface area (Å²) in [6.45, 7) is 0. The minimum atomic E-state index is 0.299. The number of carbonyl (C=O) groups is 1. The number of hydrogen-bond acceptors (Lipinski definition) is 4. The maximum Gasteiger partial charge on any atom is 0.137 e. The molecule has 0 saturated heterocycles. The largest absolute Gasteiger partial charge is 0.322 e. The van der Waals surface area contributed by atoms with Gasteiger partial charge in [-0.25, -0.2) is 5.84 Å². The fourth-order valence-corrected chi connectivity index (χ4v) is 1.89. The van der Waals surface area contributed by atoms with Gasteiger partial charge in [0.2, 0.25) is 0 Å². The number of hydrazine groups is 1. The third kappa shape index (κ3) is 2.04. The van der Waals surface area contributed by atoms with Gasteiger partial charge < -0.3 is 5.84 Å². The van der Waals surface area contributed by atoms with Gasteiger partial charge in [-0.15, -0.1) is 0 Å². The summed E-state index contributed by atoms with van der Waals surface area (Å²) >= 11 is 0. The van der Waals surface area contributed by atoms with Crippen LogP contribution >= 0.6 is 0 Å². The lowest BCUT2D eigenvalue weighted by molar-refractivity contribution is -0.118. The molecule has 0 unspecified atom stereocenters. The van der Waals surface area contributed by atoms with Crippen LogP contribution in [0.4, 0.5) is 5.69 Å². The van der Waals surface area contributed by atoms with E-state index in [1.165, 1.54) is 16.9 Å². The number of carbonyl (C=O) groups excluding carboxylic acids is 1. The molecule has 5 nitrogen and oxygen atoms in total. The molecule has 2 rings (SSSR count). The zero-order valence-corrected chi connectivity index (χ0v) is 8.89. The number of nitrogens with two attached hydrogens (primary N) is 2. The van der Waals surface area contributed by atoms with Crippen LogP contribution in [0.15, 0.2) is 23.3 Å². The maximum absolute atomic E-state index is 11.3. The first kappa shape index (κ1) is 10.6. The SMILES string of the molecule is N/N=C\N(N)c1ccc2c(c1)CCC(=O)C2. The predicted molar refractivity (Wildman–Crippen MR) is 62.8 cm³/mol. The lowest BCUT2D eigenvalue weighted by atomic mass is 9.90. The molecule has 0 heterocycles. The maximum atomic E-state index is 11.3. The van der Waals surface area contributed by atoms with Gasteiger partial charge in [-0.05, 0) is 29.7 Å². The molecule has 0 spiro atoms. The first-order valence-corrected chi connectivity index (χ1v) is 5.11. The second kappa shape index (κ2) is 4.32.